The van der Waals surface area contributed by atoms with Crippen molar-refractivity contribution in [2.24, 2.45) is 0 Å². The van der Waals surface area contributed by atoms with E-state index >= 15 is 0 Å². The van der Waals surface area contributed by atoms with Crippen LogP contribution in [0.5, 0.6) is 0 Å². The summed E-state index contributed by atoms with van der Waals surface area (Å²) >= 11 is 0. The summed E-state index contributed by atoms with van der Waals surface area (Å²) in [6, 6.07) is 17.2. The zero-order valence-electron chi connectivity index (χ0n) is 13.2. The lowest BCUT2D eigenvalue weighted by molar-refractivity contribution is 0.806. The largest absolute Gasteiger partial charge is 0.380 e. The minimum atomic E-state index is 0.451. The van der Waals surface area contributed by atoms with Crippen molar-refractivity contribution < 1.29 is 0 Å². The third-order valence-electron chi connectivity index (χ3n) is 4.40. The summed E-state index contributed by atoms with van der Waals surface area (Å²) in [7, 11) is 0. The smallest absolute Gasteiger partial charge is 0.139 e. The van der Waals surface area contributed by atoms with Crippen LogP contribution in [0.4, 0.5) is 11.5 Å². The normalized spacial score (nSPS) is 17.6. The number of fused-ring (bicyclic) bond motifs is 1. The summed E-state index contributed by atoms with van der Waals surface area (Å²) in [5, 5.41) is 4.76. The number of aromatic nitrogens is 2. The summed E-state index contributed by atoms with van der Waals surface area (Å²) in [4.78, 5) is 11.3. The maximum Gasteiger partial charge on any atom is 0.139 e. The lowest BCUT2D eigenvalue weighted by Gasteiger charge is -2.20. The van der Waals surface area contributed by atoms with E-state index in [-0.39, 0.29) is 0 Å². The molecule has 116 valence electrons. The highest BCUT2D eigenvalue weighted by molar-refractivity contribution is 5.90. The maximum absolute atomic E-state index is 4.56. The molecule has 0 bridgehead atoms. The van der Waals surface area contributed by atoms with E-state index < -0.39 is 0 Å². The molecule has 1 fully saturated rings. The maximum atomic E-state index is 4.56. The van der Waals surface area contributed by atoms with Gasteiger partial charge in [0.15, 0.2) is 0 Å². The van der Waals surface area contributed by atoms with Crippen LogP contribution in [0.2, 0.25) is 0 Å². The number of benzene rings is 2. The van der Waals surface area contributed by atoms with Crippen molar-refractivity contribution in [3.05, 3.63) is 60.4 Å². The van der Waals surface area contributed by atoms with E-state index in [1.54, 1.807) is 6.33 Å². The zero-order valence-corrected chi connectivity index (χ0v) is 13.2. The molecule has 1 aromatic heterocycles. The third-order valence-corrected chi connectivity index (χ3v) is 4.40. The van der Waals surface area contributed by atoms with Crippen LogP contribution in [0.3, 0.4) is 0 Å². The number of rotatable bonds is 3. The van der Waals surface area contributed by atoms with E-state index in [0.29, 0.717) is 6.04 Å². The molecule has 4 heteroatoms. The number of anilines is 2. The van der Waals surface area contributed by atoms with Gasteiger partial charge in [-0.1, -0.05) is 29.8 Å². The molecule has 1 aliphatic rings. The van der Waals surface area contributed by atoms with Gasteiger partial charge in [-0.3, -0.25) is 0 Å². The van der Waals surface area contributed by atoms with Gasteiger partial charge in [0.05, 0.1) is 5.52 Å². The Balaban J connectivity index is 1.57. The van der Waals surface area contributed by atoms with Gasteiger partial charge in [-0.2, -0.15) is 0 Å². The Morgan fingerprint density at radius 2 is 1.96 bits per heavy atom. The van der Waals surface area contributed by atoms with E-state index in [2.05, 4.69) is 69.6 Å². The summed E-state index contributed by atoms with van der Waals surface area (Å²) in [5.41, 5.74) is 3.44. The first-order valence-corrected chi connectivity index (χ1v) is 8.07. The molecule has 1 unspecified atom stereocenters. The van der Waals surface area contributed by atoms with Gasteiger partial charge in [0.1, 0.15) is 12.1 Å². The Labute approximate surface area is 136 Å². The summed E-state index contributed by atoms with van der Waals surface area (Å²) in [6.07, 6.45) is 2.79. The van der Waals surface area contributed by atoms with Crippen molar-refractivity contribution in [1.29, 1.82) is 0 Å². The summed E-state index contributed by atoms with van der Waals surface area (Å²) in [5.74, 6) is 1.05. The molecule has 2 heterocycles. The Hall–Kier alpha value is -2.62. The number of hydrogen-bond donors (Lipinski definition) is 1. The molecular formula is C19H20N4. The molecule has 23 heavy (non-hydrogen) atoms. The second-order valence-corrected chi connectivity index (χ2v) is 6.16. The molecule has 1 saturated heterocycles. The fourth-order valence-corrected chi connectivity index (χ4v) is 3.25. The van der Waals surface area contributed by atoms with E-state index in [9.17, 15) is 0 Å². The average Bonchev–Trinajstić information content (AvgIpc) is 3.03. The SMILES string of the molecule is Cc1ccc2ncnc(N3CCC(Nc4ccccc4)C3)c2c1. The first kappa shape index (κ1) is 14.0. The van der Waals surface area contributed by atoms with Crippen molar-refractivity contribution in [3.8, 4) is 0 Å². The molecule has 0 spiro atoms. The van der Waals surface area contributed by atoms with Crippen molar-refractivity contribution in [2.45, 2.75) is 19.4 Å². The number of nitrogens with one attached hydrogen (secondary N) is 1. The van der Waals surface area contributed by atoms with Crippen molar-refractivity contribution in [2.75, 3.05) is 23.3 Å². The van der Waals surface area contributed by atoms with E-state index in [1.807, 2.05) is 6.07 Å². The van der Waals surface area contributed by atoms with E-state index in [0.717, 1.165) is 36.2 Å². The zero-order chi connectivity index (χ0) is 15.6. The second kappa shape index (κ2) is 5.88. The molecule has 0 radical (unpaired) electrons. The molecule has 0 amide bonds. The highest BCUT2D eigenvalue weighted by Crippen LogP contribution is 2.27. The Morgan fingerprint density at radius 1 is 1.09 bits per heavy atom. The van der Waals surface area contributed by atoms with Crippen LogP contribution in [0.15, 0.2) is 54.9 Å². The Bertz CT molecular complexity index is 816. The van der Waals surface area contributed by atoms with Crippen LogP contribution in [0.1, 0.15) is 12.0 Å². The average molecular weight is 304 g/mol. The van der Waals surface area contributed by atoms with Gasteiger partial charge >= 0.3 is 0 Å². The van der Waals surface area contributed by atoms with Crippen LogP contribution in [-0.2, 0) is 0 Å². The first-order chi connectivity index (χ1) is 11.3. The van der Waals surface area contributed by atoms with Crippen LogP contribution in [0.25, 0.3) is 10.9 Å². The van der Waals surface area contributed by atoms with Crippen molar-refractivity contribution in [1.82, 2.24) is 9.97 Å². The molecule has 0 saturated carbocycles. The first-order valence-electron chi connectivity index (χ1n) is 8.07. The summed E-state index contributed by atoms with van der Waals surface area (Å²) < 4.78 is 0. The topological polar surface area (TPSA) is 41.1 Å². The molecule has 1 N–H and O–H groups in total. The van der Waals surface area contributed by atoms with Crippen LogP contribution in [0, 0.1) is 6.92 Å². The van der Waals surface area contributed by atoms with Gasteiger partial charge in [0.25, 0.3) is 0 Å². The molecular weight excluding hydrogens is 284 g/mol. The van der Waals surface area contributed by atoms with Crippen molar-refractivity contribution in [3.63, 3.8) is 0 Å². The van der Waals surface area contributed by atoms with Crippen LogP contribution < -0.4 is 10.2 Å². The van der Waals surface area contributed by atoms with Crippen molar-refractivity contribution >= 4 is 22.4 Å². The number of nitrogens with zero attached hydrogens (tertiary/aromatic N) is 3. The fourth-order valence-electron chi connectivity index (χ4n) is 3.25. The van der Waals surface area contributed by atoms with Gasteiger partial charge in [0.2, 0.25) is 0 Å². The van der Waals surface area contributed by atoms with Gasteiger partial charge in [-0.15, -0.1) is 0 Å². The number of aryl methyl sites for hydroxylation is 1. The lowest BCUT2D eigenvalue weighted by Crippen LogP contribution is -2.26. The molecule has 0 aliphatic carbocycles. The highest BCUT2D eigenvalue weighted by Gasteiger charge is 2.24. The Kier molecular flexibility index (Phi) is 3.58. The van der Waals surface area contributed by atoms with Crippen LogP contribution >= 0.6 is 0 Å². The predicted molar refractivity (Wildman–Crippen MR) is 95.0 cm³/mol. The Morgan fingerprint density at radius 3 is 2.83 bits per heavy atom. The quantitative estimate of drug-likeness (QED) is 0.802. The molecule has 3 aromatic rings. The molecule has 2 aromatic carbocycles. The lowest BCUT2D eigenvalue weighted by atomic mass is 10.1. The highest BCUT2D eigenvalue weighted by atomic mass is 15.2. The van der Waals surface area contributed by atoms with Gasteiger partial charge < -0.3 is 10.2 Å². The fraction of sp³-hybridized carbons (Fsp3) is 0.263. The molecule has 4 nitrogen and oxygen atoms in total. The second-order valence-electron chi connectivity index (χ2n) is 6.16. The monoisotopic (exact) mass is 304 g/mol. The number of hydrogen-bond acceptors (Lipinski definition) is 4. The van der Waals surface area contributed by atoms with Gasteiger partial charge in [-0.05, 0) is 37.6 Å². The number of para-hydroxylation sites is 1. The molecule has 1 aliphatic heterocycles. The predicted octanol–water partition coefficient (Wildman–Crippen LogP) is 3.63. The van der Waals surface area contributed by atoms with Gasteiger partial charge in [0, 0.05) is 30.2 Å². The summed E-state index contributed by atoms with van der Waals surface area (Å²) in [6.45, 7) is 4.10. The van der Waals surface area contributed by atoms with E-state index in [4.69, 9.17) is 0 Å². The molecule has 4 rings (SSSR count). The van der Waals surface area contributed by atoms with Crippen LogP contribution in [-0.4, -0.2) is 29.1 Å². The standard InChI is InChI=1S/C19H20N4/c1-14-7-8-18-17(11-14)19(21-13-20-18)23-10-9-16(12-23)22-15-5-3-2-4-6-15/h2-8,11,13,16,22H,9-10,12H2,1H3. The van der Waals surface area contributed by atoms with Gasteiger partial charge in [-0.25, -0.2) is 9.97 Å². The third kappa shape index (κ3) is 2.84. The van der Waals surface area contributed by atoms with E-state index in [1.165, 1.54) is 11.3 Å². The minimum Gasteiger partial charge on any atom is -0.380 e. The molecule has 1 atom stereocenters. The minimum absolute atomic E-state index is 0.451.